The minimum Gasteiger partial charge on any atom is -0.507 e. The molecule has 0 radical (unpaired) electrons. The summed E-state index contributed by atoms with van der Waals surface area (Å²) in [5, 5.41) is 22.3. The molecule has 1 aliphatic rings. The maximum atomic E-state index is 14.5. The second-order valence-electron chi connectivity index (χ2n) is 9.57. The average Bonchev–Trinajstić information content (AvgIpc) is 3.61. The fraction of sp³-hybridized carbons (Fsp3) is 0.125. The van der Waals surface area contributed by atoms with E-state index in [0.29, 0.717) is 21.4 Å². The van der Waals surface area contributed by atoms with Crippen molar-refractivity contribution in [1.29, 1.82) is 0 Å². The molecule has 0 unspecified atom stereocenters. The van der Waals surface area contributed by atoms with Crippen molar-refractivity contribution >= 4 is 56.5 Å². The summed E-state index contributed by atoms with van der Waals surface area (Å²) in [5.41, 5.74) is 1.49. The number of carbonyl (C=O) groups excluding carboxylic acids is 2. The Kier molecular flexibility index (Phi) is 7.83. The van der Waals surface area contributed by atoms with Crippen molar-refractivity contribution in [2.24, 2.45) is 0 Å². The van der Waals surface area contributed by atoms with E-state index in [1.807, 2.05) is 18.2 Å². The van der Waals surface area contributed by atoms with Gasteiger partial charge in [-0.3, -0.25) is 14.5 Å². The van der Waals surface area contributed by atoms with Crippen molar-refractivity contribution in [2.75, 3.05) is 19.1 Å². The predicted octanol–water partition coefficient (Wildman–Crippen LogP) is 6.77. The molecule has 2 heterocycles. The van der Waals surface area contributed by atoms with Crippen LogP contribution in [-0.2, 0) is 15.3 Å². The number of ketones is 1. The maximum Gasteiger partial charge on any atom is 0.301 e. The molecule has 1 fully saturated rings. The molecule has 216 valence electrons. The Balaban J connectivity index is 1.38. The highest BCUT2D eigenvalue weighted by atomic mass is 32.2. The first-order valence-electron chi connectivity index (χ1n) is 13.1. The highest BCUT2D eigenvalue weighted by Crippen LogP contribution is 2.44. The lowest BCUT2D eigenvalue weighted by Gasteiger charge is -2.22. The molecule has 43 heavy (non-hydrogen) atoms. The Bertz CT molecular complexity index is 1880. The molecular formula is C32H24FN3O5S2. The molecule has 0 bridgehead atoms. The third kappa shape index (κ3) is 5.33. The quantitative estimate of drug-likeness (QED) is 0.0673. The van der Waals surface area contributed by atoms with Crippen LogP contribution < -0.4 is 14.4 Å². The van der Waals surface area contributed by atoms with Crippen molar-refractivity contribution in [1.82, 2.24) is 10.2 Å². The number of ether oxygens (including phenoxy) is 2. The molecule has 8 nitrogen and oxygen atoms in total. The molecule has 6 rings (SSSR count). The molecule has 5 aromatic rings. The van der Waals surface area contributed by atoms with E-state index in [2.05, 4.69) is 34.5 Å². The summed E-state index contributed by atoms with van der Waals surface area (Å²) in [6.07, 6.45) is 0. The lowest BCUT2D eigenvalue weighted by atomic mass is 9.95. The Morgan fingerprint density at radius 2 is 1.74 bits per heavy atom. The van der Waals surface area contributed by atoms with Gasteiger partial charge < -0.3 is 14.6 Å². The van der Waals surface area contributed by atoms with Crippen LogP contribution in [0.5, 0.6) is 11.5 Å². The Hall–Kier alpha value is -4.74. The second kappa shape index (κ2) is 11.9. The molecular weight excluding hydrogens is 590 g/mol. The smallest absolute Gasteiger partial charge is 0.301 e. The summed E-state index contributed by atoms with van der Waals surface area (Å²) < 4.78 is 25.4. The van der Waals surface area contributed by atoms with Gasteiger partial charge in [0.25, 0.3) is 5.78 Å². The van der Waals surface area contributed by atoms with E-state index in [-0.39, 0.29) is 22.0 Å². The molecule has 11 heteroatoms. The molecule has 1 aromatic heterocycles. The van der Waals surface area contributed by atoms with E-state index >= 15 is 0 Å². The molecule has 4 aromatic carbocycles. The summed E-state index contributed by atoms with van der Waals surface area (Å²) in [7, 11) is 2.85. The lowest BCUT2D eigenvalue weighted by Crippen LogP contribution is -2.29. The average molecular weight is 614 g/mol. The summed E-state index contributed by atoms with van der Waals surface area (Å²) in [6, 6.07) is 23.8. The number of carbonyl (C=O) groups is 2. The fourth-order valence-corrected chi connectivity index (χ4v) is 6.89. The molecule has 1 saturated heterocycles. The van der Waals surface area contributed by atoms with Crippen molar-refractivity contribution in [3.05, 3.63) is 113 Å². The standard InChI is InChI=1S/C32H24FN3O5S2/c1-40-22-13-10-19(11-14-22)27-26(28(37)20-12-15-25(41-2)24(33)16-20)29(38)30(39)36(27)31-34-35-32(43-31)42-17-21-8-5-7-18-6-3-4-9-23(18)21/h3-16,27,37H,17H2,1-2H3/t27-/m0/s1. The monoisotopic (exact) mass is 613 g/mol. The van der Waals surface area contributed by atoms with Crippen LogP contribution in [0.4, 0.5) is 9.52 Å². The summed E-state index contributed by atoms with van der Waals surface area (Å²) in [4.78, 5) is 28.2. The van der Waals surface area contributed by atoms with Crippen LogP contribution in [0, 0.1) is 5.82 Å². The Morgan fingerprint density at radius 3 is 2.49 bits per heavy atom. The predicted molar refractivity (Wildman–Crippen MR) is 164 cm³/mol. The van der Waals surface area contributed by atoms with E-state index in [4.69, 9.17) is 9.47 Å². The Morgan fingerprint density at radius 1 is 0.977 bits per heavy atom. The normalized spacial score (nSPS) is 16.2. The first kappa shape index (κ1) is 28.4. The largest absolute Gasteiger partial charge is 0.507 e. The van der Waals surface area contributed by atoms with E-state index in [1.54, 1.807) is 24.3 Å². The van der Waals surface area contributed by atoms with Gasteiger partial charge in [0.2, 0.25) is 5.13 Å². The topological polar surface area (TPSA) is 102 Å². The first-order valence-corrected chi connectivity index (χ1v) is 14.9. The highest BCUT2D eigenvalue weighted by Gasteiger charge is 2.48. The molecule has 1 aliphatic heterocycles. The van der Waals surface area contributed by atoms with Gasteiger partial charge in [-0.05, 0) is 52.2 Å². The minimum atomic E-state index is -1.04. The number of hydrogen-bond acceptors (Lipinski definition) is 9. The number of hydrogen-bond donors (Lipinski definition) is 1. The molecule has 1 amide bonds. The van der Waals surface area contributed by atoms with Crippen LogP contribution in [0.3, 0.4) is 0 Å². The number of aliphatic hydroxyl groups excluding tert-OH is 1. The lowest BCUT2D eigenvalue weighted by molar-refractivity contribution is -0.132. The minimum absolute atomic E-state index is 0.0221. The number of rotatable bonds is 8. The zero-order valence-corrected chi connectivity index (χ0v) is 24.6. The molecule has 1 atom stereocenters. The summed E-state index contributed by atoms with van der Waals surface area (Å²) in [6.45, 7) is 0. The third-order valence-corrected chi connectivity index (χ3v) is 9.24. The van der Waals surface area contributed by atoms with Gasteiger partial charge in [0, 0.05) is 11.3 Å². The van der Waals surface area contributed by atoms with Crippen molar-refractivity contribution in [3.8, 4) is 11.5 Å². The van der Waals surface area contributed by atoms with Crippen LogP contribution >= 0.6 is 23.1 Å². The highest BCUT2D eigenvalue weighted by molar-refractivity contribution is 8.00. The third-order valence-electron chi connectivity index (χ3n) is 7.13. The van der Waals surface area contributed by atoms with Gasteiger partial charge in [0.1, 0.15) is 11.5 Å². The van der Waals surface area contributed by atoms with Crippen molar-refractivity contribution < 1.29 is 28.6 Å². The number of aromatic nitrogens is 2. The number of amides is 1. The number of fused-ring (bicyclic) bond motifs is 1. The van der Waals surface area contributed by atoms with Gasteiger partial charge in [-0.15, -0.1) is 10.2 Å². The second-order valence-corrected chi connectivity index (χ2v) is 11.7. The maximum absolute atomic E-state index is 14.5. The first-order chi connectivity index (χ1) is 20.9. The van der Waals surface area contributed by atoms with Gasteiger partial charge in [0.15, 0.2) is 15.9 Å². The number of halogens is 1. The molecule has 0 saturated carbocycles. The van der Waals surface area contributed by atoms with E-state index in [0.717, 1.165) is 22.4 Å². The number of thioether (sulfide) groups is 1. The van der Waals surface area contributed by atoms with Crippen LogP contribution in [0.1, 0.15) is 22.7 Å². The molecule has 1 N–H and O–H groups in total. The number of Topliss-reactive ketones (excluding diaryl/α,β-unsaturated/α-hetero) is 1. The van der Waals surface area contributed by atoms with Crippen LogP contribution in [0.2, 0.25) is 0 Å². The van der Waals surface area contributed by atoms with E-state index in [9.17, 15) is 19.1 Å². The molecule has 0 aliphatic carbocycles. The van der Waals surface area contributed by atoms with E-state index < -0.39 is 29.3 Å². The van der Waals surface area contributed by atoms with Gasteiger partial charge >= 0.3 is 5.91 Å². The van der Waals surface area contributed by atoms with Crippen molar-refractivity contribution in [2.45, 2.75) is 16.1 Å². The van der Waals surface area contributed by atoms with Gasteiger partial charge in [-0.25, -0.2) is 4.39 Å². The fourth-order valence-electron chi connectivity index (χ4n) is 5.02. The zero-order valence-electron chi connectivity index (χ0n) is 23.0. The molecule has 0 spiro atoms. The SMILES string of the molecule is COc1ccc([C@H]2C(=C(O)c3ccc(OC)c(F)c3)C(=O)C(=O)N2c2nnc(SCc3cccc4ccccc34)s2)cc1. The summed E-state index contributed by atoms with van der Waals surface area (Å²) in [5.74, 6) is -1.86. The van der Waals surface area contributed by atoms with Crippen molar-refractivity contribution in [3.63, 3.8) is 0 Å². The van der Waals surface area contributed by atoms with Gasteiger partial charge in [0.05, 0.1) is 25.8 Å². The van der Waals surface area contributed by atoms with E-state index in [1.165, 1.54) is 54.4 Å². The van der Waals surface area contributed by atoms with Crippen LogP contribution in [0.25, 0.3) is 16.5 Å². The number of benzene rings is 4. The number of methoxy groups -OCH3 is 2. The van der Waals surface area contributed by atoms with Crippen LogP contribution in [-0.4, -0.2) is 41.2 Å². The van der Waals surface area contributed by atoms with Gasteiger partial charge in [-0.1, -0.05) is 77.7 Å². The summed E-state index contributed by atoms with van der Waals surface area (Å²) >= 11 is 2.64. The number of anilines is 1. The number of aliphatic hydroxyl groups is 1. The zero-order chi connectivity index (χ0) is 30.1. The Labute approximate surface area is 254 Å². The van der Waals surface area contributed by atoms with Gasteiger partial charge in [-0.2, -0.15) is 0 Å². The number of nitrogens with zero attached hydrogens (tertiary/aromatic N) is 3. The van der Waals surface area contributed by atoms with Crippen LogP contribution in [0.15, 0.2) is 94.8 Å².